The van der Waals surface area contributed by atoms with Crippen LogP contribution in [0.3, 0.4) is 0 Å². The topological polar surface area (TPSA) is 75.6 Å². The summed E-state index contributed by atoms with van der Waals surface area (Å²) in [5.74, 6) is -1.09. The fourth-order valence-electron chi connectivity index (χ4n) is 0.546. The van der Waals surface area contributed by atoms with Gasteiger partial charge in [-0.1, -0.05) is 0 Å². The number of amides is 1. The van der Waals surface area contributed by atoms with Gasteiger partial charge in [-0.15, -0.1) is 0 Å². The maximum atomic E-state index is 11.0. The van der Waals surface area contributed by atoms with Crippen LogP contribution in [0, 0.1) is 0 Å². The highest BCUT2D eigenvalue weighted by atomic mass is 16.6. The van der Waals surface area contributed by atoms with Gasteiger partial charge >= 0.3 is 12.1 Å². The van der Waals surface area contributed by atoms with Gasteiger partial charge in [0.2, 0.25) is 0 Å². The Morgan fingerprint density at radius 2 is 1.85 bits per heavy atom. The second-order valence-corrected chi connectivity index (χ2v) is 3.71. The lowest BCUT2D eigenvalue weighted by atomic mass is 10.2. The van der Waals surface area contributed by atoms with E-state index in [0.717, 1.165) is 0 Å². The van der Waals surface area contributed by atoms with Gasteiger partial charge in [0.05, 0.1) is 0 Å². The molecule has 1 amide bonds. The molecule has 0 aromatic heterocycles. The summed E-state index contributed by atoms with van der Waals surface area (Å²) in [5, 5.41) is 10.6. The molecule has 0 fully saturated rings. The van der Waals surface area contributed by atoms with Gasteiger partial charge in [0.15, 0.2) is 0 Å². The molecule has 0 unspecified atom stereocenters. The first-order chi connectivity index (χ1) is 5.72. The molecular formula is C8H15NO4. The number of carboxylic acids is 1. The van der Waals surface area contributed by atoms with E-state index < -0.39 is 23.7 Å². The Kier molecular flexibility index (Phi) is 3.71. The lowest BCUT2D eigenvalue weighted by Crippen LogP contribution is -2.41. The SMILES string of the molecule is CC(C)(C)OC(=O)[15NH][13C@@H]([13CH3])[13C](=O)O. The van der Waals surface area contributed by atoms with E-state index in [2.05, 4.69) is 5.32 Å². The monoisotopic (exact) mass is 193 g/mol. The molecule has 2 N–H and O–H groups in total. The van der Waals surface area contributed by atoms with Gasteiger partial charge in [-0.05, 0) is 27.7 Å². The van der Waals surface area contributed by atoms with E-state index in [-0.39, 0.29) is 0 Å². The molecule has 0 rings (SSSR count). The number of nitrogens with one attached hydrogen (secondary N) is 1. The summed E-state index contributed by atoms with van der Waals surface area (Å²) in [6, 6.07) is -0.935. The van der Waals surface area contributed by atoms with Crippen LogP contribution in [-0.4, -0.2) is 28.8 Å². The molecule has 5 nitrogen and oxygen atoms in total. The maximum absolute atomic E-state index is 11.0. The van der Waals surface area contributed by atoms with Crippen molar-refractivity contribution in [1.29, 1.82) is 0 Å². The molecule has 0 aliphatic heterocycles. The Morgan fingerprint density at radius 1 is 1.38 bits per heavy atom. The van der Waals surface area contributed by atoms with Crippen molar-refractivity contribution < 1.29 is 19.4 Å². The van der Waals surface area contributed by atoms with Crippen LogP contribution in [0.1, 0.15) is 27.7 Å². The summed E-state index contributed by atoms with van der Waals surface area (Å²) in [7, 11) is 0. The van der Waals surface area contributed by atoms with E-state index >= 15 is 0 Å². The average Bonchev–Trinajstić information content (AvgIpc) is 1.81. The van der Waals surface area contributed by atoms with Crippen LogP contribution in [0.2, 0.25) is 0 Å². The molecule has 0 aromatic rings. The summed E-state index contributed by atoms with van der Waals surface area (Å²) in [5.41, 5.74) is -0.609. The summed E-state index contributed by atoms with van der Waals surface area (Å²) in [6.07, 6.45) is -0.720. The summed E-state index contributed by atoms with van der Waals surface area (Å²) in [4.78, 5) is 21.3. The fraction of sp³-hybridized carbons (Fsp3) is 0.750. The van der Waals surface area contributed by atoms with Crippen LogP contribution in [0.4, 0.5) is 4.79 Å². The van der Waals surface area contributed by atoms with Crippen molar-refractivity contribution in [1.82, 2.24) is 5.32 Å². The Bertz CT molecular complexity index is 207. The Hall–Kier alpha value is -1.26. The van der Waals surface area contributed by atoms with Gasteiger partial charge in [0.25, 0.3) is 0 Å². The minimum absolute atomic E-state index is 0.609. The third kappa shape index (κ3) is 5.95. The first kappa shape index (κ1) is 11.7. The number of aliphatic carboxylic acids is 1. The lowest BCUT2D eigenvalue weighted by molar-refractivity contribution is -0.139. The van der Waals surface area contributed by atoms with Gasteiger partial charge in [-0.2, -0.15) is 0 Å². The average molecular weight is 193 g/mol. The molecule has 0 aliphatic carbocycles. The zero-order chi connectivity index (χ0) is 10.6. The Morgan fingerprint density at radius 3 is 2.15 bits per heavy atom. The van der Waals surface area contributed by atoms with Gasteiger partial charge < -0.3 is 15.2 Å². The molecule has 0 aliphatic rings. The van der Waals surface area contributed by atoms with E-state index in [1.54, 1.807) is 20.8 Å². The minimum atomic E-state index is -1.09. The van der Waals surface area contributed by atoms with Crippen LogP contribution >= 0.6 is 0 Å². The molecule has 0 spiro atoms. The van der Waals surface area contributed by atoms with E-state index in [4.69, 9.17) is 9.84 Å². The standard InChI is InChI=1S/C8H15NO4/c1-5(6(10)11)9-7(12)13-8(2,3)4/h5H,1-4H3,(H,9,12)(H,10,11)/t5-/m0/s1/i1+1,5+1,6+1,9+1. The highest BCUT2D eigenvalue weighted by Gasteiger charge is 2.20. The van der Waals surface area contributed by atoms with Crippen LogP contribution in [0.25, 0.3) is 0 Å². The number of carbonyl (C=O) groups excluding carboxylic acids is 1. The van der Waals surface area contributed by atoms with E-state index in [9.17, 15) is 9.59 Å². The fourth-order valence-corrected chi connectivity index (χ4v) is 0.546. The Balaban J connectivity index is 3.96. The third-order valence-corrected chi connectivity index (χ3v) is 1.10. The molecule has 5 heteroatoms. The van der Waals surface area contributed by atoms with E-state index in [0.29, 0.717) is 0 Å². The molecular weight excluding hydrogens is 178 g/mol. The molecule has 0 saturated heterocycles. The zero-order valence-corrected chi connectivity index (χ0v) is 8.25. The van der Waals surface area contributed by atoms with Crippen LogP contribution in [0.15, 0.2) is 0 Å². The minimum Gasteiger partial charge on any atom is -0.480 e. The molecule has 76 valence electrons. The molecule has 13 heavy (non-hydrogen) atoms. The third-order valence-electron chi connectivity index (χ3n) is 1.10. The number of alkyl carbamates (subject to hydrolysis) is 1. The molecule has 1 atom stereocenters. The predicted octanol–water partition coefficient (Wildman–Crippen LogP) is 0.984. The van der Waals surface area contributed by atoms with Crippen LogP contribution in [-0.2, 0) is 9.53 Å². The van der Waals surface area contributed by atoms with Crippen LogP contribution in [0.5, 0.6) is 0 Å². The highest BCUT2D eigenvalue weighted by Crippen LogP contribution is 2.06. The van der Waals surface area contributed by atoms with Gasteiger partial charge in [0, 0.05) is 0 Å². The van der Waals surface area contributed by atoms with Crippen molar-refractivity contribution in [2.24, 2.45) is 0 Å². The zero-order valence-electron chi connectivity index (χ0n) is 8.25. The second-order valence-electron chi connectivity index (χ2n) is 3.71. The first-order valence-electron chi connectivity index (χ1n) is 3.94. The number of rotatable bonds is 2. The van der Waals surface area contributed by atoms with Gasteiger partial charge in [0.1, 0.15) is 11.6 Å². The van der Waals surface area contributed by atoms with Crippen molar-refractivity contribution in [3.05, 3.63) is 0 Å². The van der Waals surface area contributed by atoms with Crippen molar-refractivity contribution in [3.8, 4) is 0 Å². The molecule has 0 saturated carbocycles. The quantitative estimate of drug-likeness (QED) is 0.506. The van der Waals surface area contributed by atoms with Crippen molar-refractivity contribution in [3.63, 3.8) is 0 Å². The van der Waals surface area contributed by atoms with E-state index in [1.165, 1.54) is 6.92 Å². The van der Waals surface area contributed by atoms with Crippen LogP contribution < -0.4 is 5.32 Å². The molecule has 0 aromatic carbocycles. The Labute approximate surface area is 77.1 Å². The number of carbonyl (C=O) groups is 2. The van der Waals surface area contributed by atoms with E-state index in [1.807, 2.05) is 0 Å². The number of hydrogen-bond acceptors (Lipinski definition) is 3. The predicted molar refractivity (Wildman–Crippen MR) is 46.5 cm³/mol. The summed E-state index contributed by atoms with van der Waals surface area (Å²) >= 11 is 0. The smallest absolute Gasteiger partial charge is 0.408 e. The normalized spacial score (nSPS) is 13.2. The van der Waals surface area contributed by atoms with Crippen molar-refractivity contribution >= 4 is 12.1 Å². The number of hydrogen-bond donors (Lipinski definition) is 2. The second kappa shape index (κ2) is 4.11. The van der Waals surface area contributed by atoms with Crippen molar-refractivity contribution in [2.75, 3.05) is 0 Å². The van der Waals surface area contributed by atoms with Gasteiger partial charge in [-0.3, -0.25) is 4.79 Å². The maximum Gasteiger partial charge on any atom is 0.408 e. The molecule has 0 radical (unpaired) electrons. The lowest BCUT2D eigenvalue weighted by Gasteiger charge is -2.20. The molecule has 0 heterocycles. The summed E-state index contributed by atoms with van der Waals surface area (Å²) in [6.45, 7) is 6.49. The first-order valence-corrected chi connectivity index (χ1v) is 3.94. The molecule has 0 bridgehead atoms. The largest absolute Gasteiger partial charge is 0.480 e. The summed E-state index contributed by atoms with van der Waals surface area (Å²) < 4.78 is 4.85. The number of ether oxygens (including phenoxy) is 1. The number of carboxylic acid groups (broad SMARTS) is 1. The van der Waals surface area contributed by atoms with Gasteiger partial charge in [-0.25, -0.2) is 4.79 Å². The highest BCUT2D eigenvalue weighted by molar-refractivity contribution is 5.79. The van der Waals surface area contributed by atoms with Crippen molar-refractivity contribution in [2.45, 2.75) is 39.3 Å².